The van der Waals surface area contributed by atoms with Gasteiger partial charge in [-0.3, -0.25) is 0 Å². The average Bonchev–Trinajstić information content (AvgIpc) is 3.20. The van der Waals surface area contributed by atoms with Gasteiger partial charge in [0.1, 0.15) is 0 Å². The molecule has 258 valence electrons. The van der Waals surface area contributed by atoms with Gasteiger partial charge in [0.2, 0.25) is 0 Å². The molecule has 3 heteroatoms. The topological polar surface area (TPSA) is 15.3 Å². The van der Waals surface area contributed by atoms with Crippen molar-refractivity contribution in [3.63, 3.8) is 0 Å². The molecule has 2 nitrogen and oxygen atoms in total. The van der Waals surface area contributed by atoms with Crippen molar-refractivity contribution in [1.29, 1.82) is 0 Å². The first-order valence-corrected chi connectivity index (χ1v) is 19.3. The van der Waals surface area contributed by atoms with Crippen LogP contribution in [0.15, 0.2) is 158 Å². The van der Waals surface area contributed by atoms with Crippen LogP contribution in [-0.2, 0) is 11.8 Å². The number of para-hydroxylation sites is 3. The van der Waals surface area contributed by atoms with Crippen molar-refractivity contribution >= 4 is 46.6 Å². The normalized spacial score (nSPS) is 13.4. The predicted molar refractivity (Wildman–Crippen MR) is 229 cm³/mol. The van der Waals surface area contributed by atoms with E-state index in [0.717, 1.165) is 25.1 Å². The van der Waals surface area contributed by atoms with Crippen LogP contribution in [0.25, 0.3) is 33.4 Å². The highest BCUT2D eigenvalue weighted by Gasteiger charge is 2.41. The van der Waals surface area contributed by atoms with E-state index < -0.39 is 0 Å². The molecule has 0 saturated carbocycles. The standard InChI is InChI=1S/C50H45BN2/c1-4-5-8-18-34-29-41(48-47(30-34)53-46-28-16-14-24-42(46)50(2,3)43-25-17-26-44(51-48)49(43)53)40-23-13-15-27-45(40)52-39-32-37(35-19-9-6-10-20-35)31-38(33-39)36-21-11-7-12-22-36/h6-7,9-17,19-33,51-52H,4-5,8,18H2,1-3H3. The predicted octanol–water partition coefficient (Wildman–Crippen LogP) is 12.0. The SMILES string of the molecule is CCCCCc1cc(-c2ccccc2Nc2cc(-c3ccccc3)cc(-c3ccccc3)c2)c2c(c1)N1c3ccccc3C(C)(C)c3cccc(c31)B2. The molecule has 2 aliphatic rings. The van der Waals surface area contributed by atoms with Crippen LogP contribution < -0.4 is 21.1 Å². The zero-order valence-corrected chi connectivity index (χ0v) is 31.0. The molecule has 0 amide bonds. The van der Waals surface area contributed by atoms with Crippen molar-refractivity contribution < 1.29 is 0 Å². The molecule has 2 heterocycles. The Morgan fingerprint density at radius 1 is 0.566 bits per heavy atom. The highest BCUT2D eigenvalue weighted by Crippen LogP contribution is 2.52. The number of nitrogens with one attached hydrogen (secondary N) is 1. The van der Waals surface area contributed by atoms with Gasteiger partial charge in [-0.15, -0.1) is 0 Å². The monoisotopic (exact) mass is 684 g/mol. The van der Waals surface area contributed by atoms with Crippen LogP contribution in [0.2, 0.25) is 0 Å². The van der Waals surface area contributed by atoms with E-state index in [2.05, 4.69) is 189 Å². The van der Waals surface area contributed by atoms with E-state index in [1.807, 2.05) is 0 Å². The fraction of sp³-hybridized carbons (Fsp3) is 0.160. The minimum atomic E-state index is -0.0824. The van der Waals surface area contributed by atoms with E-state index in [9.17, 15) is 0 Å². The maximum absolute atomic E-state index is 3.95. The van der Waals surface area contributed by atoms with Gasteiger partial charge in [0.25, 0.3) is 0 Å². The van der Waals surface area contributed by atoms with Crippen molar-refractivity contribution in [3.8, 4) is 33.4 Å². The minimum Gasteiger partial charge on any atom is -0.355 e. The average molecular weight is 685 g/mol. The summed E-state index contributed by atoms with van der Waals surface area (Å²) < 4.78 is 0. The van der Waals surface area contributed by atoms with Gasteiger partial charge in [-0.1, -0.05) is 160 Å². The summed E-state index contributed by atoms with van der Waals surface area (Å²) in [5, 5.41) is 3.95. The smallest absolute Gasteiger partial charge is 0.198 e. The third-order valence-electron chi connectivity index (χ3n) is 11.4. The molecule has 0 radical (unpaired) electrons. The van der Waals surface area contributed by atoms with E-state index in [0.29, 0.717) is 0 Å². The fourth-order valence-corrected chi connectivity index (χ4v) is 8.75. The zero-order valence-electron chi connectivity index (χ0n) is 31.0. The van der Waals surface area contributed by atoms with Gasteiger partial charge < -0.3 is 10.2 Å². The molecular weight excluding hydrogens is 639 g/mol. The van der Waals surface area contributed by atoms with E-state index >= 15 is 0 Å². The Labute approximate surface area is 315 Å². The molecule has 0 saturated heterocycles. The molecular formula is C50H45BN2. The van der Waals surface area contributed by atoms with E-state index in [1.54, 1.807) is 0 Å². The quantitative estimate of drug-likeness (QED) is 0.120. The summed E-state index contributed by atoms with van der Waals surface area (Å²) in [6, 6.07) is 58.3. The number of aryl methyl sites for hydroxylation is 1. The van der Waals surface area contributed by atoms with Crippen LogP contribution in [-0.4, -0.2) is 7.28 Å². The van der Waals surface area contributed by atoms with Crippen LogP contribution >= 0.6 is 0 Å². The molecule has 1 N–H and O–H groups in total. The maximum Gasteiger partial charge on any atom is 0.198 e. The number of benzene rings is 7. The maximum atomic E-state index is 3.95. The zero-order chi connectivity index (χ0) is 35.9. The fourth-order valence-electron chi connectivity index (χ4n) is 8.75. The van der Waals surface area contributed by atoms with Crippen LogP contribution in [0, 0.1) is 0 Å². The van der Waals surface area contributed by atoms with Crippen LogP contribution in [0.3, 0.4) is 0 Å². The van der Waals surface area contributed by atoms with E-state index in [4.69, 9.17) is 0 Å². The molecule has 0 atom stereocenters. The lowest BCUT2D eigenvalue weighted by atomic mass is 9.55. The van der Waals surface area contributed by atoms with Crippen molar-refractivity contribution in [2.24, 2.45) is 0 Å². The Balaban J connectivity index is 1.21. The second-order valence-corrected chi connectivity index (χ2v) is 15.3. The molecule has 7 aromatic rings. The molecule has 7 aromatic carbocycles. The Morgan fingerprint density at radius 2 is 1.23 bits per heavy atom. The van der Waals surface area contributed by atoms with Gasteiger partial charge in [0, 0.05) is 33.7 Å². The summed E-state index contributed by atoms with van der Waals surface area (Å²) in [6.45, 7) is 7.07. The Hall–Kier alpha value is -5.80. The van der Waals surface area contributed by atoms with Crippen LogP contribution in [0.4, 0.5) is 28.4 Å². The molecule has 0 spiro atoms. The Morgan fingerprint density at radius 3 is 1.96 bits per heavy atom. The van der Waals surface area contributed by atoms with E-state index in [-0.39, 0.29) is 5.41 Å². The molecule has 0 unspecified atom stereocenters. The first-order chi connectivity index (χ1) is 26.0. The summed E-state index contributed by atoms with van der Waals surface area (Å²) in [6.07, 6.45) is 4.70. The largest absolute Gasteiger partial charge is 0.355 e. The van der Waals surface area contributed by atoms with Crippen LogP contribution in [0.5, 0.6) is 0 Å². The molecule has 9 rings (SSSR count). The van der Waals surface area contributed by atoms with Crippen molar-refractivity contribution in [2.75, 3.05) is 10.2 Å². The first-order valence-electron chi connectivity index (χ1n) is 19.3. The Kier molecular flexibility index (Phi) is 8.51. The van der Waals surface area contributed by atoms with Gasteiger partial charge >= 0.3 is 0 Å². The first kappa shape index (κ1) is 33.1. The number of hydrogen-bond donors (Lipinski definition) is 1. The van der Waals surface area contributed by atoms with Crippen molar-refractivity contribution in [2.45, 2.75) is 51.9 Å². The number of nitrogens with zero attached hydrogens (tertiary/aromatic N) is 1. The molecule has 2 aliphatic heterocycles. The van der Waals surface area contributed by atoms with Gasteiger partial charge in [-0.25, -0.2) is 0 Å². The Bertz CT molecular complexity index is 2390. The molecule has 0 bridgehead atoms. The lowest BCUT2D eigenvalue weighted by molar-refractivity contribution is 0.632. The van der Waals surface area contributed by atoms with Crippen molar-refractivity contribution in [3.05, 3.63) is 174 Å². The van der Waals surface area contributed by atoms with Gasteiger partial charge in [0.15, 0.2) is 7.28 Å². The number of fused-ring (bicyclic) bond motifs is 4. The third-order valence-corrected chi connectivity index (χ3v) is 11.4. The molecule has 53 heavy (non-hydrogen) atoms. The number of rotatable bonds is 9. The minimum absolute atomic E-state index is 0.0824. The number of hydrogen-bond acceptors (Lipinski definition) is 2. The molecule has 0 aliphatic carbocycles. The summed E-state index contributed by atoms with van der Waals surface area (Å²) >= 11 is 0. The number of unbranched alkanes of at least 4 members (excludes halogenated alkanes) is 2. The van der Waals surface area contributed by atoms with Gasteiger partial charge in [0.05, 0.1) is 5.69 Å². The summed E-state index contributed by atoms with van der Waals surface area (Å²) in [5.74, 6) is 0. The van der Waals surface area contributed by atoms with Gasteiger partial charge in [-0.2, -0.15) is 0 Å². The highest BCUT2D eigenvalue weighted by molar-refractivity contribution is 6.73. The van der Waals surface area contributed by atoms with Gasteiger partial charge in [-0.05, 0) is 99.2 Å². The second kappa shape index (κ2) is 13.6. The van der Waals surface area contributed by atoms with Crippen molar-refractivity contribution in [1.82, 2.24) is 0 Å². The lowest BCUT2D eigenvalue weighted by Gasteiger charge is -2.46. The second-order valence-electron chi connectivity index (χ2n) is 15.3. The molecule has 0 fully saturated rings. The molecule has 0 aromatic heterocycles. The highest BCUT2D eigenvalue weighted by atomic mass is 15.2. The summed E-state index contributed by atoms with van der Waals surface area (Å²) in [7, 11) is 0.897. The summed E-state index contributed by atoms with van der Waals surface area (Å²) in [4.78, 5) is 2.60. The third kappa shape index (κ3) is 5.95. The lowest BCUT2D eigenvalue weighted by Crippen LogP contribution is -2.45. The number of anilines is 5. The summed E-state index contributed by atoms with van der Waals surface area (Å²) in [5.41, 5.74) is 20.4. The van der Waals surface area contributed by atoms with Crippen LogP contribution in [0.1, 0.15) is 56.7 Å². The van der Waals surface area contributed by atoms with E-state index in [1.165, 1.54) is 97.3 Å².